The minimum Gasteiger partial charge on any atom is -0.504 e. The Morgan fingerprint density at radius 2 is 1.69 bits per heavy atom. The highest BCUT2D eigenvalue weighted by molar-refractivity contribution is 5.42. The molecule has 0 bridgehead atoms. The Morgan fingerprint density at radius 3 is 2.12 bits per heavy atom. The molecule has 0 saturated heterocycles. The van der Waals surface area contributed by atoms with Crippen molar-refractivity contribution in [3.05, 3.63) is 23.8 Å². The van der Waals surface area contributed by atoms with Gasteiger partial charge in [0.05, 0.1) is 0 Å². The quantitative estimate of drug-likeness (QED) is 0.755. The maximum Gasteiger partial charge on any atom is 0.157 e. The van der Waals surface area contributed by atoms with Crippen molar-refractivity contribution < 1.29 is 10.2 Å². The van der Waals surface area contributed by atoms with E-state index in [-0.39, 0.29) is 16.9 Å². The summed E-state index contributed by atoms with van der Waals surface area (Å²) in [6.45, 7) is 8.83. The first-order valence-corrected chi connectivity index (χ1v) is 5.96. The number of hydrogen-bond acceptors (Lipinski definition) is 2. The third-order valence-corrected chi connectivity index (χ3v) is 4.16. The second-order valence-electron chi connectivity index (χ2n) is 4.83. The van der Waals surface area contributed by atoms with Crippen LogP contribution in [0.2, 0.25) is 0 Å². The van der Waals surface area contributed by atoms with Crippen molar-refractivity contribution in [3.63, 3.8) is 0 Å². The third kappa shape index (κ3) is 2.31. The Morgan fingerprint density at radius 1 is 1.12 bits per heavy atom. The Bertz CT molecular complexity index is 354. The summed E-state index contributed by atoms with van der Waals surface area (Å²) in [7, 11) is 0. The van der Waals surface area contributed by atoms with E-state index in [9.17, 15) is 10.2 Å². The Balaban J connectivity index is 3.04. The average molecular weight is 222 g/mol. The first kappa shape index (κ1) is 12.9. The first-order chi connectivity index (χ1) is 7.44. The first-order valence-electron chi connectivity index (χ1n) is 5.96. The molecule has 1 aromatic rings. The standard InChI is InChI=1S/C14H22O2/c1-5-14(4,6-2)10(3)11-7-8-12(15)13(16)9-11/h7-10,15-16H,5-6H2,1-4H3. The molecule has 0 amide bonds. The lowest BCUT2D eigenvalue weighted by Gasteiger charge is -2.34. The molecule has 1 aromatic carbocycles. The molecule has 0 fully saturated rings. The van der Waals surface area contributed by atoms with E-state index in [4.69, 9.17) is 0 Å². The summed E-state index contributed by atoms with van der Waals surface area (Å²) in [6.07, 6.45) is 2.21. The average Bonchev–Trinajstić information content (AvgIpc) is 2.30. The van der Waals surface area contributed by atoms with Crippen molar-refractivity contribution in [2.45, 2.75) is 46.5 Å². The van der Waals surface area contributed by atoms with Crippen LogP contribution >= 0.6 is 0 Å². The molecule has 0 spiro atoms. The minimum atomic E-state index is -0.0503. The summed E-state index contributed by atoms with van der Waals surface area (Å²) in [5, 5.41) is 18.8. The summed E-state index contributed by atoms with van der Waals surface area (Å²) >= 11 is 0. The summed E-state index contributed by atoms with van der Waals surface area (Å²) < 4.78 is 0. The van der Waals surface area contributed by atoms with Crippen molar-refractivity contribution in [2.75, 3.05) is 0 Å². The molecule has 2 nitrogen and oxygen atoms in total. The number of benzene rings is 1. The van der Waals surface area contributed by atoms with Gasteiger partial charge in [-0.05, 0) is 29.0 Å². The normalized spacial score (nSPS) is 13.8. The van der Waals surface area contributed by atoms with Crippen molar-refractivity contribution >= 4 is 0 Å². The number of phenols is 2. The molecule has 0 aromatic heterocycles. The van der Waals surface area contributed by atoms with Gasteiger partial charge in [0.2, 0.25) is 0 Å². The highest BCUT2D eigenvalue weighted by atomic mass is 16.3. The van der Waals surface area contributed by atoms with Crippen LogP contribution in [0.1, 0.15) is 52.0 Å². The Hall–Kier alpha value is -1.18. The van der Waals surface area contributed by atoms with Gasteiger partial charge in [-0.1, -0.05) is 46.6 Å². The number of phenolic OH excluding ortho intramolecular Hbond substituents is 2. The summed E-state index contributed by atoms with van der Waals surface area (Å²) in [5.41, 5.74) is 1.32. The van der Waals surface area contributed by atoms with Crippen LogP contribution in [-0.4, -0.2) is 10.2 Å². The molecular weight excluding hydrogens is 200 g/mol. The van der Waals surface area contributed by atoms with Crippen LogP contribution in [0.15, 0.2) is 18.2 Å². The van der Waals surface area contributed by atoms with Crippen molar-refractivity contribution in [2.24, 2.45) is 5.41 Å². The van der Waals surface area contributed by atoms with Gasteiger partial charge in [-0.25, -0.2) is 0 Å². The van der Waals surface area contributed by atoms with Crippen LogP contribution in [0.4, 0.5) is 0 Å². The summed E-state index contributed by atoms with van der Waals surface area (Å²) in [4.78, 5) is 0. The molecule has 16 heavy (non-hydrogen) atoms. The van der Waals surface area contributed by atoms with Crippen LogP contribution < -0.4 is 0 Å². The third-order valence-electron chi connectivity index (χ3n) is 4.16. The van der Waals surface area contributed by atoms with Crippen molar-refractivity contribution in [3.8, 4) is 11.5 Å². The van der Waals surface area contributed by atoms with Gasteiger partial charge in [0.15, 0.2) is 11.5 Å². The van der Waals surface area contributed by atoms with Gasteiger partial charge in [-0.2, -0.15) is 0 Å². The molecule has 0 aliphatic carbocycles. The zero-order valence-electron chi connectivity index (χ0n) is 10.6. The molecule has 0 heterocycles. The zero-order chi connectivity index (χ0) is 12.3. The molecule has 1 unspecified atom stereocenters. The zero-order valence-corrected chi connectivity index (χ0v) is 10.6. The number of aromatic hydroxyl groups is 2. The fourth-order valence-corrected chi connectivity index (χ4v) is 2.07. The van der Waals surface area contributed by atoms with Crippen molar-refractivity contribution in [1.29, 1.82) is 0 Å². The lowest BCUT2D eigenvalue weighted by Crippen LogP contribution is -2.21. The van der Waals surface area contributed by atoms with E-state index in [0.717, 1.165) is 18.4 Å². The van der Waals surface area contributed by atoms with Gasteiger partial charge in [-0.3, -0.25) is 0 Å². The molecule has 90 valence electrons. The van der Waals surface area contributed by atoms with Crippen LogP contribution in [0.3, 0.4) is 0 Å². The fraction of sp³-hybridized carbons (Fsp3) is 0.571. The summed E-state index contributed by atoms with van der Waals surface area (Å²) in [6, 6.07) is 5.12. The van der Waals surface area contributed by atoms with Crippen LogP contribution in [0.5, 0.6) is 11.5 Å². The SMILES string of the molecule is CCC(C)(CC)C(C)c1ccc(O)c(O)c1. The van der Waals surface area contributed by atoms with Crippen LogP contribution in [-0.2, 0) is 0 Å². The van der Waals surface area contributed by atoms with Crippen molar-refractivity contribution in [1.82, 2.24) is 0 Å². The molecule has 0 radical (unpaired) electrons. The Labute approximate surface area is 97.9 Å². The molecule has 2 heteroatoms. The lowest BCUT2D eigenvalue weighted by atomic mass is 9.71. The van der Waals surface area contributed by atoms with E-state index in [1.54, 1.807) is 12.1 Å². The van der Waals surface area contributed by atoms with Gasteiger partial charge in [0, 0.05) is 0 Å². The maximum atomic E-state index is 9.51. The van der Waals surface area contributed by atoms with E-state index in [1.807, 2.05) is 6.07 Å². The van der Waals surface area contributed by atoms with E-state index in [2.05, 4.69) is 27.7 Å². The highest BCUT2D eigenvalue weighted by Gasteiger charge is 2.28. The van der Waals surface area contributed by atoms with Gasteiger partial charge in [-0.15, -0.1) is 0 Å². The predicted molar refractivity (Wildman–Crippen MR) is 66.9 cm³/mol. The van der Waals surface area contributed by atoms with E-state index < -0.39 is 0 Å². The van der Waals surface area contributed by atoms with E-state index in [0.29, 0.717) is 5.92 Å². The Kier molecular flexibility index (Phi) is 3.84. The molecule has 0 saturated carbocycles. The minimum absolute atomic E-state index is 0.0288. The monoisotopic (exact) mass is 222 g/mol. The lowest BCUT2D eigenvalue weighted by molar-refractivity contribution is 0.243. The molecular formula is C14H22O2. The molecule has 1 rings (SSSR count). The highest BCUT2D eigenvalue weighted by Crippen LogP contribution is 2.42. The predicted octanol–water partition coefficient (Wildman–Crippen LogP) is 4.03. The van der Waals surface area contributed by atoms with E-state index >= 15 is 0 Å². The molecule has 1 atom stereocenters. The largest absolute Gasteiger partial charge is 0.504 e. The van der Waals surface area contributed by atoms with Crippen LogP contribution in [0.25, 0.3) is 0 Å². The van der Waals surface area contributed by atoms with E-state index in [1.165, 1.54) is 0 Å². The molecule has 0 aliphatic heterocycles. The smallest absolute Gasteiger partial charge is 0.157 e. The number of hydrogen-bond donors (Lipinski definition) is 2. The summed E-state index contributed by atoms with van der Waals surface area (Å²) in [5.74, 6) is 0.290. The van der Waals surface area contributed by atoms with Gasteiger partial charge >= 0.3 is 0 Å². The second kappa shape index (κ2) is 4.77. The number of rotatable bonds is 4. The molecule has 2 N–H and O–H groups in total. The molecule has 0 aliphatic rings. The van der Waals surface area contributed by atoms with Gasteiger partial charge in [0.1, 0.15) is 0 Å². The van der Waals surface area contributed by atoms with Gasteiger partial charge in [0.25, 0.3) is 0 Å². The topological polar surface area (TPSA) is 40.5 Å². The maximum absolute atomic E-state index is 9.51. The van der Waals surface area contributed by atoms with Crippen LogP contribution in [0, 0.1) is 5.41 Å². The second-order valence-corrected chi connectivity index (χ2v) is 4.83. The van der Waals surface area contributed by atoms with Gasteiger partial charge < -0.3 is 10.2 Å². The fourth-order valence-electron chi connectivity index (χ4n) is 2.07.